The van der Waals surface area contributed by atoms with Crippen LogP contribution in [0.5, 0.6) is 5.75 Å². The lowest BCUT2D eigenvalue weighted by atomic mass is 9.99. The molecule has 132 valence electrons. The summed E-state index contributed by atoms with van der Waals surface area (Å²) in [6.07, 6.45) is 3.95. The van der Waals surface area contributed by atoms with Gasteiger partial charge in [-0.1, -0.05) is 6.07 Å². The van der Waals surface area contributed by atoms with E-state index in [1.807, 2.05) is 0 Å². The standard InChI is InChI=1S/C18H25FN2O3/c1-23-16-4-2-3-15(19)17(16)18(22)20-13-5-9-21(10-6-13)14-7-11-24-12-8-14/h2-4,13-14H,5-12H2,1H3,(H,20,22). The molecule has 0 spiro atoms. The van der Waals surface area contributed by atoms with Crippen molar-refractivity contribution in [3.05, 3.63) is 29.6 Å². The normalized spacial score (nSPS) is 20.8. The Hall–Kier alpha value is -1.66. The molecule has 2 fully saturated rings. The first-order valence-electron chi connectivity index (χ1n) is 8.64. The van der Waals surface area contributed by atoms with Crippen molar-refractivity contribution in [3.8, 4) is 5.75 Å². The summed E-state index contributed by atoms with van der Waals surface area (Å²) in [5.74, 6) is -0.673. The molecular formula is C18H25FN2O3. The summed E-state index contributed by atoms with van der Waals surface area (Å²) in [4.78, 5) is 14.9. The molecular weight excluding hydrogens is 311 g/mol. The lowest BCUT2D eigenvalue weighted by molar-refractivity contribution is 0.0238. The highest BCUT2D eigenvalue weighted by Crippen LogP contribution is 2.23. The molecule has 0 atom stereocenters. The van der Waals surface area contributed by atoms with Crippen LogP contribution in [-0.4, -0.2) is 56.3 Å². The van der Waals surface area contributed by atoms with E-state index in [0.29, 0.717) is 6.04 Å². The molecule has 3 rings (SSSR count). The number of carbonyl (C=O) groups is 1. The Morgan fingerprint density at radius 2 is 1.96 bits per heavy atom. The number of piperidine rings is 1. The Kier molecular flexibility index (Phi) is 5.68. The average molecular weight is 336 g/mol. The van der Waals surface area contributed by atoms with Crippen LogP contribution in [0, 0.1) is 5.82 Å². The number of likely N-dealkylation sites (tertiary alicyclic amines) is 1. The SMILES string of the molecule is COc1cccc(F)c1C(=O)NC1CCN(C2CCOCC2)CC1. The summed E-state index contributed by atoms with van der Waals surface area (Å²) in [6.45, 7) is 3.61. The number of hydrogen-bond donors (Lipinski definition) is 1. The summed E-state index contributed by atoms with van der Waals surface area (Å²) in [5, 5.41) is 2.96. The van der Waals surface area contributed by atoms with Crippen molar-refractivity contribution < 1.29 is 18.7 Å². The molecule has 0 bridgehead atoms. The number of hydrogen-bond acceptors (Lipinski definition) is 4. The number of ether oxygens (including phenoxy) is 2. The fraction of sp³-hybridized carbons (Fsp3) is 0.611. The van der Waals surface area contributed by atoms with Crippen molar-refractivity contribution in [2.24, 2.45) is 0 Å². The number of rotatable bonds is 4. The van der Waals surface area contributed by atoms with E-state index in [-0.39, 0.29) is 17.4 Å². The van der Waals surface area contributed by atoms with Gasteiger partial charge in [-0.15, -0.1) is 0 Å². The second-order valence-corrected chi connectivity index (χ2v) is 6.44. The second kappa shape index (κ2) is 7.94. The maximum atomic E-state index is 14.0. The van der Waals surface area contributed by atoms with Crippen molar-refractivity contribution in [3.63, 3.8) is 0 Å². The third kappa shape index (κ3) is 3.87. The van der Waals surface area contributed by atoms with Gasteiger partial charge in [0.2, 0.25) is 0 Å². The average Bonchev–Trinajstić information content (AvgIpc) is 2.62. The fourth-order valence-corrected chi connectivity index (χ4v) is 3.61. The lowest BCUT2D eigenvalue weighted by Crippen LogP contribution is -2.49. The number of carbonyl (C=O) groups excluding carboxylic acids is 1. The quantitative estimate of drug-likeness (QED) is 0.916. The zero-order chi connectivity index (χ0) is 16.9. The molecule has 2 aliphatic rings. The highest BCUT2D eigenvalue weighted by atomic mass is 19.1. The number of amides is 1. The van der Waals surface area contributed by atoms with Crippen LogP contribution in [0.15, 0.2) is 18.2 Å². The minimum atomic E-state index is -0.550. The van der Waals surface area contributed by atoms with Crippen LogP contribution in [0.1, 0.15) is 36.0 Å². The first-order chi connectivity index (χ1) is 11.7. The zero-order valence-electron chi connectivity index (χ0n) is 14.1. The highest BCUT2D eigenvalue weighted by molar-refractivity contribution is 5.97. The van der Waals surface area contributed by atoms with Crippen molar-refractivity contribution in [2.45, 2.75) is 37.8 Å². The summed E-state index contributed by atoms with van der Waals surface area (Å²) < 4.78 is 24.5. The molecule has 1 aromatic rings. The molecule has 0 aliphatic carbocycles. The Morgan fingerprint density at radius 3 is 2.62 bits per heavy atom. The van der Waals surface area contributed by atoms with Gasteiger partial charge >= 0.3 is 0 Å². The van der Waals surface area contributed by atoms with Crippen LogP contribution in [-0.2, 0) is 4.74 Å². The van der Waals surface area contributed by atoms with Crippen LogP contribution in [0.25, 0.3) is 0 Å². The summed E-state index contributed by atoms with van der Waals surface area (Å²) in [7, 11) is 1.44. The maximum absolute atomic E-state index is 14.0. The number of methoxy groups -OCH3 is 1. The fourth-order valence-electron chi connectivity index (χ4n) is 3.61. The molecule has 5 nitrogen and oxygen atoms in total. The first-order valence-corrected chi connectivity index (χ1v) is 8.64. The van der Waals surface area contributed by atoms with Crippen molar-refractivity contribution in [1.29, 1.82) is 0 Å². The number of benzene rings is 1. The predicted octanol–water partition coefficient (Wildman–Crippen LogP) is 2.21. The van der Waals surface area contributed by atoms with Gasteiger partial charge in [-0.25, -0.2) is 4.39 Å². The number of nitrogens with one attached hydrogen (secondary N) is 1. The van der Waals surface area contributed by atoms with Crippen molar-refractivity contribution >= 4 is 5.91 Å². The molecule has 2 aliphatic heterocycles. The Bertz CT molecular complexity index is 567. The molecule has 2 saturated heterocycles. The summed E-state index contributed by atoms with van der Waals surface area (Å²) in [5.41, 5.74) is -0.00754. The van der Waals surface area contributed by atoms with Crippen LogP contribution in [0.2, 0.25) is 0 Å². The second-order valence-electron chi connectivity index (χ2n) is 6.44. The molecule has 1 aromatic carbocycles. The molecule has 1 amide bonds. The lowest BCUT2D eigenvalue weighted by Gasteiger charge is -2.39. The first kappa shape index (κ1) is 17.2. The van der Waals surface area contributed by atoms with Gasteiger partial charge in [0.1, 0.15) is 17.1 Å². The molecule has 1 N–H and O–H groups in total. The third-order valence-corrected chi connectivity index (χ3v) is 4.99. The molecule has 0 aromatic heterocycles. The monoisotopic (exact) mass is 336 g/mol. The van der Waals surface area contributed by atoms with Crippen molar-refractivity contribution in [1.82, 2.24) is 10.2 Å². The van der Waals surface area contributed by atoms with Gasteiger partial charge in [-0.05, 0) is 37.8 Å². The van der Waals surface area contributed by atoms with Crippen LogP contribution >= 0.6 is 0 Å². The topological polar surface area (TPSA) is 50.8 Å². The molecule has 6 heteroatoms. The Balaban J connectivity index is 1.55. The highest BCUT2D eigenvalue weighted by Gasteiger charge is 2.28. The summed E-state index contributed by atoms with van der Waals surface area (Å²) >= 11 is 0. The van der Waals surface area contributed by atoms with Gasteiger partial charge in [-0.2, -0.15) is 0 Å². The molecule has 0 radical (unpaired) electrons. The minimum absolute atomic E-state index is 0.00754. The van der Waals surface area contributed by atoms with Crippen LogP contribution in [0.3, 0.4) is 0 Å². The Morgan fingerprint density at radius 1 is 1.25 bits per heavy atom. The van der Waals surface area contributed by atoms with E-state index in [2.05, 4.69) is 10.2 Å². The third-order valence-electron chi connectivity index (χ3n) is 4.99. The molecule has 24 heavy (non-hydrogen) atoms. The van der Waals surface area contributed by atoms with E-state index in [0.717, 1.165) is 52.0 Å². The number of halogens is 1. The van der Waals surface area contributed by atoms with Crippen LogP contribution < -0.4 is 10.1 Å². The van der Waals surface area contributed by atoms with Gasteiger partial charge < -0.3 is 19.7 Å². The van der Waals surface area contributed by atoms with Gasteiger partial charge in [-0.3, -0.25) is 4.79 Å². The van der Waals surface area contributed by atoms with E-state index >= 15 is 0 Å². The Labute approximate surface area is 142 Å². The van der Waals surface area contributed by atoms with E-state index in [1.54, 1.807) is 6.07 Å². The van der Waals surface area contributed by atoms with E-state index in [9.17, 15) is 9.18 Å². The van der Waals surface area contributed by atoms with Gasteiger partial charge in [0.15, 0.2) is 0 Å². The van der Waals surface area contributed by atoms with E-state index < -0.39 is 11.7 Å². The number of nitrogens with zero attached hydrogens (tertiary/aromatic N) is 1. The van der Waals surface area contributed by atoms with Crippen LogP contribution in [0.4, 0.5) is 4.39 Å². The van der Waals surface area contributed by atoms with E-state index in [1.165, 1.54) is 19.2 Å². The smallest absolute Gasteiger partial charge is 0.258 e. The van der Waals surface area contributed by atoms with Gasteiger partial charge in [0, 0.05) is 38.4 Å². The maximum Gasteiger partial charge on any atom is 0.258 e. The minimum Gasteiger partial charge on any atom is -0.496 e. The van der Waals surface area contributed by atoms with Crippen molar-refractivity contribution in [2.75, 3.05) is 33.4 Å². The largest absolute Gasteiger partial charge is 0.496 e. The zero-order valence-corrected chi connectivity index (χ0v) is 14.1. The molecule has 0 saturated carbocycles. The van der Waals surface area contributed by atoms with Gasteiger partial charge in [0.25, 0.3) is 5.91 Å². The molecule has 0 unspecified atom stereocenters. The van der Waals surface area contributed by atoms with Gasteiger partial charge in [0.05, 0.1) is 7.11 Å². The predicted molar refractivity (Wildman–Crippen MR) is 88.9 cm³/mol. The summed E-state index contributed by atoms with van der Waals surface area (Å²) in [6, 6.07) is 5.11. The molecule has 2 heterocycles. The van der Waals surface area contributed by atoms with E-state index in [4.69, 9.17) is 9.47 Å².